The lowest BCUT2D eigenvalue weighted by molar-refractivity contribution is 0.959. The topological polar surface area (TPSA) is 35.6 Å². The second kappa shape index (κ2) is 16.2. The number of fused-ring (bicyclic) bond motifs is 6. The van der Waals surface area contributed by atoms with Gasteiger partial charge in [0.1, 0.15) is 11.5 Å². The van der Waals surface area contributed by atoms with Crippen molar-refractivity contribution < 1.29 is 0 Å². The molecule has 0 saturated heterocycles. The fourth-order valence-corrected chi connectivity index (χ4v) is 23.1. The summed E-state index contributed by atoms with van der Waals surface area (Å²) in [7, 11) is -3.69. The Bertz CT molecular complexity index is 3770. The number of para-hydroxylation sites is 2. The molecule has 7 heteroatoms. The molecule has 1 aliphatic heterocycles. The number of benzene rings is 9. The third kappa shape index (κ3) is 6.06. The first-order valence-corrected chi connectivity index (χ1v) is 28.0. The van der Waals surface area contributed by atoms with Crippen molar-refractivity contribution in [2.75, 3.05) is 0 Å². The van der Waals surface area contributed by atoms with E-state index >= 15 is 0 Å². The minimum absolute atomic E-state index is 0.951. The molecule has 9 aromatic carbocycles. The van der Waals surface area contributed by atoms with E-state index in [2.05, 4.69) is 259 Å². The standard InChI is InChI=1S/C61H44N4SSi2/c1-64-54-35-15-14-34-53(54)63-60(64)43-21-18-31-49(39-43)67(45-23-6-2-7-24-45,46-25-8-3-9-26-46)50-32-19-22-44(40-50)65-55-42-57-59(41-52(55)51-33-20-38-62-61(51)65)68(47-27-10-4-11-28-47,48-29-12-5-13-30-48)58-37-17-16-36-56(58)66-57/h2-42H,1H3. The highest BCUT2D eigenvalue weighted by Crippen LogP contribution is 2.39. The van der Waals surface area contributed by atoms with Crippen molar-refractivity contribution in [2.45, 2.75) is 9.79 Å². The average molecular weight is 921 g/mol. The van der Waals surface area contributed by atoms with E-state index in [4.69, 9.17) is 9.97 Å². The van der Waals surface area contributed by atoms with Crippen molar-refractivity contribution in [1.82, 2.24) is 19.1 Å². The number of hydrogen-bond donors (Lipinski definition) is 0. The summed E-state index contributed by atoms with van der Waals surface area (Å²) < 4.78 is 4.65. The molecular formula is C61H44N4SSi2. The number of nitrogens with zero attached hydrogens (tertiary/aromatic N) is 4. The van der Waals surface area contributed by atoms with Gasteiger partial charge in [-0.1, -0.05) is 206 Å². The van der Waals surface area contributed by atoms with Crippen LogP contribution in [0.3, 0.4) is 0 Å². The Hall–Kier alpha value is -7.82. The number of pyridine rings is 1. The Morgan fingerprint density at radius 3 is 1.76 bits per heavy atom. The van der Waals surface area contributed by atoms with Crippen LogP contribution in [0, 0.1) is 0 Å². The van der Waals surface area contributed by atoms with Crippen LogP contribution < -0.4 is 41.5 Å². The van der Waals surface area contributed by atoms with Crippen LogP contribution in [0.25, 0.3) is 50.0 Å². The SMILES string of the molecule is Cn1c(-c2cccc([Si](c3ccccc3)(c3ccccc3)c3cccc(-n4c5cc6c(cc5c5cccnc54)[Si](c4ccccc4)(c4ccccc4)c4ccccc4S6)c3)c2)nc2ccccc21. The molecular weight excluding hydrogens is 877 g/mol. The smallest absolute Gasteiger partial charge is 0.181 e. The maximum atomic E-state index is 5.22. The van der Waals surface area contributed by atoms with Crippen LogP contribution in [-0.4, -0.2) is 35.2 Å². The molecule has 0 radical (unpaired) electrons. The largest absolute Gasteiger partial charge is 0.327 e. The maximum Gasteiger partial charge on any atom is 0.181 e. The van der Waals surface area contributed by atoms with Gasteiger partial charge in [0.2, 0.25) is 0 Å². The molecule has 3 aromatic heterocycles. The Morgan fingerprint density at radius 1 is 0.456 bits per heavy atom. The monoisotopic (exact) mass is 920 g/mol. The zero-order valence-corrected chi connectivity index (χ0v) is 40.2. The Balaban J connectivity index is 1.08. The third-order valence-electron chi connectivity index (χ3n) is 14.2. The van der Waals surface area contributed by atoms with E-state index in [-0.39, 0.29) is 0 Å². The fourth-order valence-electron chi connectivity index (χ4n) is 11.4. The van der Waals surface area contributed by atoms with Gasteiger partial charge in [0.15, 0.2) is 16.1 Å². The number of imidazole rings is 1. The van der Waals surface area contributed by atoms with E-state index in [1.54, 1.807) is 0 Å². The van der Waals surface area contributed by atoms with Crippen molar-refractivity contribution in [3.8, 4) is 17.1 Å². The van der Waals surface area contributed by atoms with E-state index in [9.17, 15) is 0 Å². The van der Waals surface area contributed by atoms with E-state index in [1.807, 2.05) is 18.0 Å². The van der Waals surface area contributed by atoms with Gasteiger partial charge >= 0.3 is 0 Å². The predicted octanol–water partition coefficient (Wildman–Crippen LogP) is 8.95. The van der Waals surface area contributed by atoms with Gasteiger partial charge in [-0.25, -0.2) is 9.97 Å². The van der Waals surface area contributed by atoms with E-state index < -0.39 is 16.1 Å². The number of hydrogen-bond acceptors (Lipinski definition) is 3. The molecule has 322 valence electrons. The Morgan fingerprint density at radius 2 is 1.06 bits per heavy atom. The second-order valence-corrected chi connectivity index (χ2v) is 26.4. The highest BCUT2D eigenvalue weighted by atomic mass is 32.2. The molecule has 0 atom stereocenters. The van der Waals surface area contributed by atoms with E-state index in [0.29, 0.717) is 0 Å². The number of aryl methyl sites for hydroxylation is 1. The summed E-state index contributed by atoms with van der Waals surface area (Å²) in [5, 5.41) is 13.2. The zero-order chi connectivity index (χ0) is 45.2. The Kier molecular flexibility index (Phi) is 9.64. The highest BCUT2D eigenvalue weighted by Gasteiger charge is 2.47. The van der Waals surface area contributed by atoms with Crippen LogP contribution in [0.1, 0.15) is 0 Å². The lowest BCUT2D eigenvalue weighted by Gasteiger charge is -2.40. The van der Waals surface area contributed by atoms with Crippen molar-refractivity contribution >= 4 is 102 Å². The number of rotatable bonds is 8. The lowest BCUT2D eigenvalue weighted by Crippen LogP contribution is -2.76. The summed E-state index contributed by atoms with van der Waals surface area (Å²) in [4.78, 5) is 13.0. The van der Waals surface area contributed by atoms with Crippen molar-refractivity contribution in [1.29, 1.82) is 0 Å². The molecule has 0 N–H and O–H groups in total. The molecule has 4 heterocycles. The molecule has 0 saturated carbocycles. The van der Waals surface area contributed by atoms with E-state index in [1.165, 1.54) is 56.7 Å². The van der Waals surface area contributed by atoms with Crippen LogP contribution in [0.15, 0.2) is 259 Å². The maximum absolute atomic E-state index is 5.22. The minimum atomic E-state index is -3.03. The first-order valence-electron chi connectivity index (χ1n) is 23.2. The highest BCUT2D eigenvalue weighted by molar-refractivity contribution is 8.00. The summed E-state index contributed by atoms with van der Waals surface area (Å²) in [6, 6.07) is 90.5. The van der Waals surface area contributed by atoms with Crippen molar-refractivity contribution in [3.05, 3.63) is 249 Å². The van der Waals surface area contributed by atoms with Crippen molar-refractivity contribution in [3.63, 3.8) is 0 Å². The normalized spacial score (nSPS) is 13.1. The van der Waals surface area contributed by atoms with Crippen molar-refractivity contribution in [2.24, 2.45) is 7.05 Å². The second-order valence-electron chi connectivity index (χ2n) is 17.8. The molecule has 0 aliphatic carbocycles. The fraction of sp³-hybridized carbons (Fsp3) is 0.0164. The summed E-state index contributed by atoms with van der Waals surface area (Å²) in [5.41, 5.74) is 6.41. The summed E-state index contributed by atoms with van der Waals surface area (Å²) in [5.74, 6) is 0.956. The van der Waals surface area contributed by atoms with Crippen LogP contribution in [0.4, 0.5) is 0 Å². The number of aromatic nitrogens is 4. The summed E-state index contributed by atoms with van der Waals surface area (Å²) in [6.07, 6.45) is 1.94. The molecule has 12 aromatic rings. The predicted molar refractivity (Wildman–Crippen MR) is 290 cm³/mol. The van der Waals surface area contributed by atoms with Gasteiger partial charge < -0.3 is 4.57 Å². The molecule has 68 heavy (non-hydrogen) atoms. The van der Waals surface area contributed by atoms with Gasteiger partial charge in [0, 0.05) is 45.1 Å². The van der Waals surface area contributed by atoms with Gasteiger partial charge in [0.05, 0.1) is 16.6 Å². The average Bonchev–Trinajstić information content (AvgIpc) is 3.92. The van der Waals surface area contributed by atoms with Crippen LogP contribution >= 0.6 is 11.8 Å². The summed E-state index contributed by atoms with van der Waals surface area (Å²) >= 11 is 1.90. The molecule has 0 amide bonds. The van der Waals surface area contributed by atoms with E-state index in [0.717, 1.165) is 44.7 Å². The van der Waals surface area contributed by atoms with Gasteiger partial charge in [0.25, 0.3) is 0 Å². The van der Waals surface area contributed by atoms with Gasteiger partial charge in [-0.05, 0) is 90.0 Å². The lowest BCUT2D eigenvalue weighted by atomic mass is 10.2. The first-order chi connectivity index (χ1) is 33.6. The molecule has 13 rings (SSSR count). The zero-order valence-electron chi connectivity index (χ0n) is 37.4. The summed E-state index contributed by atoms with van der Waals surface area (Å²) in [6.45, 7) is 0. The van der Waals surface area contributed by atoms with Gasteiger partial charge in [-0.2, -0.15) is 0 Å². The van der Waals surface area contributed by atoms with Crippen LogP contribution in [-0.2, 0) is 7.05 Å². The molecule has 0 unspecified atom stereocenters. The van der Waals surface area contributed by atoms with Gasteiger partial charge in [-0.3, -0.25) is 4.57 Å². The molecule has 1 aliphatic rings. The quantitative estimate of drug-likeness (QED) is 0.113. The van der Waals surface area contributed by atoms with Crippen LogP contribution in [0.5, 0.6) is 0 Å². The molecule has 0 spiro atoms. The Labute approximate surface area is 401 Å². The molecule has 0 bridgehead atoms. The molecule has 0 fully saturated rings. The van der Waals surface area contributed by atoms with Gasteiger partial charge in [-0.15, -0.1) is 0 Å². The minimum Gasteiger partial charge on any atom is -0.327 e. The first kappa shape index (κ1) is 40.5. The molecule has 4 nitrogen and oxygen atoms in total. The van der Waals surface area contributed by atoms with Crippen LogP contribution in [0.2, 0.25) is 0 Å². The third-order valence-corrected chi connectivity index (χ3v) is 25.4.